The molecule has 4 heteroatoms. The number of ether oxygens (including phenoxy) is 1. The number of carbonyl (C=O) groups excluding carboxylic acids is 1. The maximum absolute atomic E-state index is 11.4. The van der Waals surface area contributed by atoms with Gasteiger partial charge in [0.25, 0.3) is 0 Å². The molecule has 1 aliphatic carbocycles. The Kier molecular flexibility index (Phi) is 2.88. The van der Waals surface area contributed by atoms with Gasteiger partial charge in [-0.05, 0) is 24.7 Å². The maximum Gasteiger partial charge on any atom is 0.309 e. The van der Waals surface area contributed by atoms with Crippen molar-refractivity contribution in [3.05, 3.63) is 0 Å². The van der Waals surface area contributed by atoms with Gasteiger partial charge < -0.3 is 15.6 Å². The van der Waals surface area contributed by atoms with E-state index in [1.807, 2.05) is 13.8 Å². The van der Waals surface area contributed by atoms with Gasteiger partial charge in [-0.3, -0.25) is 4.79 Å². The highest BCUT2D eigenvalue weighted by Crippen LogP contribution is 2.43. The van der Waals surface area contributed by atoms with Crippen molar-refractivity contribution in [1.29, 1.82) is 0 Å². The molecule has 3 N–H and O–H groups in total. The average molecular weight is 201 g/mol. The summed E-state index contributed by atoms with van der Waals surface area (Å²) in [6.45, 7) is 3.87. The number of rotatable bonds is 1. The second-order valence-corrected chi connectivity index (χ2v) is 4.88. The van der Waals surface area contributed by atoms with Gasteiger partial charge in [-0.25, -0.2) is 0 Å². The van der Waals surface area contributed by atoms with Crippen LogP contribution in [0, 0.1) is 11.3 Å². The first-order chi connectivity index (χ1) is 6.28. The summed E-state index contributed by atoms with van der Waals surface area (Å²) in [4.78, 5) is 11.4. The largest absolute Gasteiger partial charge is 0.469 e. The van der Waals surface area contributed by atoms with E-state index in [2.05, 4.69) is 0 Å². The minimum Gasteiger partial charge on any atom is -0.469 e. The van der Waals surface area contributed by atoms with Crippen LogP contribution in [0.3, 0.4) is 0 Å². The lowest BCUT2D eigenvalue weighted by atomic mass is 9.66. The van der Waals surface area contributed by atoms with Crippen molar-refractivity contribution in [3.8, 4) is 0 Å². The molecule has 0 radical (unpaired) electrons. The molecule has 2 unspecified atom stereocenters. The topological polar surface area (TPSA) is 72.5 Å². The molecule has 0 saturated heterocycles. The third kappa shape index (κ3) is 2.25. The summed E-state index contributed by atoms with van der Waals surface area (Å²) in [5.41, 5.74) is 4.23. The normalized spacial score (nSPS) is 36.5. The van der Waals surface area contributed by atoms with Crippen LogP contribution in [0.15, 0.2) is 0 Å². The first kappa shape index (κ1) is 11.5. The number of methoxy groups -OCH3 is 1. The Bertz CT molecular complexity index is 236. The van der Waals surface area contributed by atoms with Gasteiger partial charge in [0.1, 0.15) is 5.72 Å². The van der Waals surface area contributed by atoms with Crippen LogP contribution in [0.4, 0.5) is 0 Å². The molecule has 0 heterocycles. The SMILES string of the molecule is COC(=O)C1CCC(N)(O)CC1(C)C. The number of nitrogens with two attached hydrogens (primary N) is 1. The van der Waals surface area contributed by atoms with Crippen LogP contribution in [-0.4, -0.2) is 23.9 Å². The maximum atomic E-state index is 11.4. The summed E-state index contributed by atoms with van der Waals surface area (Å²) < 4.78 is 4.73. The molecular weight excluding hydrogens is 182 g/mol. The van der Waals surface area contributed by atoms with Gasteiger partial charge in [0, 0.05) is 0 Å². The molecule has 0 aromatic heterocycles. The molecule has 1 rings (SSSR count). The van der Waals surface area contributed by atoms with E-state index in [0.717, 1.165) is 0 Å². The standard InChI is InChI=1S/C10H19NO3/c1-9(2)6-10(11,13)5-4-7(9)8(12)14-3/h7,13H,4-6,11H2,1-3H3. The minimum atomic E-state index is -1.13. The van der Waals surface area contributed by atoms with Crippen LogP contribution >= 0.6 is 0 Å². The zero-order valence-electron chi connectivity index (χ0n) is 9.04. The quantitative estimate of drug-likeness (QED) is 0.482. The molecule has 1 fully saturated rings. The van der Waals surface area contributed by atoms with Gasteiger partial charge in [0.15, 0.2) is 0 Å². The zero-order valence-corrected chi connectivity index (χ0v) is 9.04. The second-order valence-electron chi connectivity index (χ2n) is 4.88. The summed E-state index contributed by atoms with van der Waals surface area (Å²) in [7, 11) is 1.39. The highest BCUT2D eigenvalue weighted by molar-refractivity contribution is 5.73. The van der Waals surface area contributed by atoms with E-state index in [1.165, 1.54) is 7.11 Å². The van der Waals surface area contributed by atoms with E-state index in [9.17, 15) is 9.90 Å². The molecule has 2 atom stereocenters. The smallest absolute Gasteiger partial charge is 0.309 e. The van der Waals surface area contributed by atoms with Crippen molar-refractivity contribution in [2.24, 2.45) is 17.1 Å². The number of carbonyl (C=O) groups is 1. The van der Waals surface area contributed by atoms with Gasteiger partial charge in [-0.15, -0.1) is 0 Å². The average Bonchev–Trinajstić information content (AvgIpc) is 1.99. The Morgan fingerprint density at radius 1 is 1.57 bits per heavy atom. The van der Waals surface area contributed by atoms with Crippen molar-refractivity contribution >= 4 is 5.97 Å². The van der Waals surface area contributed by atoms with Crippen LogP contribution in [0.5, 0.6) is 0 Å². The summed E-state index contributed by atoms with van der Waals surface area (Å²) in [6, 6.07) is 0. The van der Waals surface area contributed by atoms with Gasteiger partial charge in [0.2, 0.25) is 0 Å². The zero-order chi connectivity index (χ0) is 11.0. The van der Waals surface area contributed by atoms with Crippen molar-refractivity contribution in [2.75, 3.05) is 7.11 Å². The van der Waals surface area contributed by atoms with Crippen LogP contribution in [0.1, 0.15) is 33.1 Å². The van der Waals surface area contributed by atoms with Crippen molar-refractivity contribution in [3.63, 3.8) is 0 Å². The molecule has 0 aromatic carbocycles. The highest BCUT2D eigenvalue weighted by atomic mass is 16.5. The molecule has 0 spiro atoms. The van der Waals surface area contributed by atoms with E-state index in [-0.39, 0.29) is 17.3 Å². The lowest BCUT2D eigenvalue weighted by molar-refractivity contribution is -0.156. The molecule has 1 aliphatic rings. The van der Waals surface area contributed by atoms with Crippen LogP contribution in [0.2, 0.25) is 0 Å². The molecule has 4 nitrogen and oxygen atoms in total. The fourth-order valence-corrected chi connectivity index (χ4v) is 2.36. The molecule has 82 valence electrons. The predicted octanol–water partition coefficient (Wildman–Crippen LogP) is 0.633. The fraction of sp³-hybridized carbons (Fsp3) is 0.900. The van der Waals surface area contributed by atoms with Crippen molar-refractivity contribution in [1.82, 2.24) is 0 Å². The third-order valence-electron chi connectivity index (χ3n) is 3.06. The van der Waals surface area contributed by atoms with E-state index in [4.69, 9.17) is 10.5 Å². The highest BCUT2D eigenvalue weighted by Gasteiger charge is 2.45. The number of hydrogen-bond acceptors (Lipinski definition) is 4. The van der Waals surface area contributed by atoms with E-state index in [0.29, 0.717) is 19.3 Å². The van der Waals surface area contributed by atoms with Crippen LogP contribution in [-0.2, 0) is 9.53 Å². The van der Waals surface area contributed by atoms with Gasteiger partial charge in [-0.1, -0.05) is 13.8 Å². The van der Waals surface area contributed by atoms with E-state index >= 15 is 0 Å². The summed E-state index contributed by atoms with van der Waals surface area (Å²) in [6.07, 6.45) is 1.47. The Balaban J connectivity index is 2.78. The monoisotopic (exact) mass is 201 g/mol. The minimum absolute atomic E-state index is 0.156. The Morgan fingerprint density at radius 3 is 2.57 bits per heavy atom. The van der Waals surface area contributed by atoms with Gasteiger partial charge in [0.05, 0.1) is 13.0 Å². The molecular formula is C10H19NO3. The summed E-state index contributed by atoms with van der Waals surface area (Å²) in [5, 5.41) is 9.71. The summed E-state index contributed by atoms with van der Waals surface area (Å²) >= 11 is 0. The van der Waals surface area contributed by atoms with Gasteiger partial charge in [-0.2, -0.15) is 0 Å². The molecule has 1 saturated carbocycles. The van der Waals surface area contributed by atoms with Crippen LogP contribution < -0.4 is 5.73 Å². The molecule has 0 bridgehead atoms. The molecule has 0 amide bonds. The molecule has 14 heavy (non-hydrogen) atoms. The molecule has 0 aliphatic heterocycles. The Labute approximate surface area is 84.4 Å². The third-order valence-corrected chi connectivity index (χ3v) is 3.06. The number of esters is 1. The van der Waals surface area contributed by atoms with Gasteiger partial charge >= 0.3 is 5.97 Å². The Morgan fingerprint density at radius 2 is 2.14 bits per heavy atom. The number of aliphatic hydroxyl groups is 1. The Hall–Kier alpha value is -0.610. The lowest BCUT2D eigenvalue weighted by Gasteiger charge is -2.43. The first-order valence-corrected chi connectivity index (χ1v) is 4.88. The van der Waals surface area contributed by atoms with Crippen molar-refractivity contribution < 1.29 is 14.6 Å². The first-order valence-electron chi connectivity index (χ1n) is 4.88. The lowest BCUT2D eigenvalue weighted by Crippen LogP contribution is -2.51. The van der Waals surface area contributed by atoms with Crippen LogP contribution in [0.25, 0.3) is 0 Å². The van der Waals surface area contributed by atoms with E-state index < -0.39 is 5.72 Å². The van der Waals surface area contributed by atoms with Crippen molar-refractivity contribution in [2.45, 2.75) is 38.8 Å². The molecule has 0 aromatic rings. The second kappa shape index (κ2) is 3.51. The predicted molar refractivity (Wildman–Crippen MR) is 52.3 cm³/mol. The number of hydrogen-bond donors (Lipinski definition) is 2. The fourth-order valence-electron chi connectivity index (χ4n) is 2.36. The van der Waals surface area contributed by atoms with E-state index in [1.54, 1.807) is 0 Å². The summed E-state index contributed by atoms with van der Waals surface area (Å²) in [5.74, 6) is -0.359.